The predicted octanol–water partition coefficient (Wildman–Crippen LogP) is 2.87. The van der Waals surface area contributed by atoms with Crippen LogP contribution >= 0.6 is 0 Å². The van der Waals surface area contributed by atoms with Crippen LogP contribution in [0.25, 0.3) is 10.9 Å². The van der Waals surface area contributed by atoms with Crippen LogP contribution < -0.4 is 5.73 Å². The van der Waals surface area contributed by atoms with Crippen molar-refractivity contribution in [1.82, 2.24) is 9.78 Å². The highest BCUT2D eigenvalue weighted by molar-refractivity contribution is 5.78. The summed E-state index contributed by atoms with van der Waals surface area (Å²) in [6, 6.07) is 11.9. The topological polar surface area (TPSA) is 57.0 Å². The second-order valence-electron chi connectivity index (χ2n) is 4.90. The van der Waals surface area contributed by atoms with Crippen molar-refractivity contribution in [3.63, 3.8) is 0 Å². The first-order chi connectivity index (χ1) is 9.16. The number of aromatic nitrogens is 2. The molecule has 2 aromatic heterocycles. The molecular weight excluding hydrogens is 238 g/mol. The maximum atomic E-state index is 6.14. The Morgan fingerprint density at radius 2 is 2.00 bits per heavy atom. The second kappa shape index (κ2) is 4.55. The molecule has 0 bridgehead atoms. The van der Waals surface area contributed by atoms with E-state index in [1.165, 1.54) is 0 Å². The Balaban J connectivity index is 2.15. The van der Waals surface area contributed by atoms with E-state index in [4.69, 9.17) is 10.2 Å². The van der Waals surface area contributed by atoms with Gasteiger partial charge in [-0.3, -0.25) is 4.68 Å². The highest BCUT2D eigenvalue weighted by atomic mass is 16.3. The highest BCUT2D eigenvalue weighted by Crippen LogP contribution is 2.26. The van der Waals surface area contributed by atoms with E-state index in [2.05, 4.69) is 5.10 Å². The molecule has 19 heavy (non-hydrogen) atoms. The fourth-order valence-corrected chi connectivity index (χ4v) is 2.43. The molecule has 0 saturated heterocycles. The van der Waals surface area contributed by atoms with Crippen LogP contribution in [0.4, 0.5) is 0 Å². The minimum Gasteiger partial charge on any atom is -0.464 e. The molecule has 2 heterocycles. The number of hydrogen-bond acceptors (Lipinski definition) is 3. The van der Waals surface area contributed by atoms with Gasteiger partial charge in [-0.25, -0.2) is 0 Å². The second-order valence-corrected chi connectivity index (χ2v) is 4.90. The van der Waals surface area contributed by atoms with Crippen molar-refractivity contribution in [1.29, 1.82) is 0 Å². The molecule has 0 fully saturated rings. The molecule has 2 unspecified atom stereocenters. The quantitative estimate of drug-likeness (QED) is 0.783. The Hall–Kier alpha value is -2.07. The minimum atomic E-state index is -0.0893. The van der Waals surface area contributed by atoms with Gasteiger partial charge in [0.15, 0.2) is 0 Å². The Bertz CT molecular complexity index is 696. The third kappa shape index (κ3) is 2.04. The van der Waals surface area contributed by atoms with E-state index in [-0.39, 0.29) is 12.1 Å². The summed E-state index contributed by atoms with van der Waals surface area (Å²) in [6.07, 6.45) is 1.86. The summed E-state index contributed by atoms with van der Waals surface area (Å²) >= 11 is 0. The normalized spacial score (nSPS) is 14.7. The molecule has 2 N–H and O–H groups in total. The van der Waals surface area contributed by atoms with E-state index in [9.17, 15) is 0 Å². The first-order valence-corrected chi connectivity index (χ1v) is 6.41. The van der Waals surface area contributed by atoms with E-state index < -0.39 is 0 Å². The highest BCUT2D eigenvalue weighted by Gasteiger charge is 2.23. The summed E-state index contributed by atoms with van der Waals surface area (Å²) in [6.45, 7) is 3.90. The molecule has 0 aliphatic rings. The lowest BCUT2D eigenvalue weighted by molar-refractivity contribution is 0.367. The number of nitrogens with two attached hydrogens (primary N) is 1. The van der Waals surface area contributed by atoms with E-state index in [0.29, 0.717) is 0 Å². The number of nitrogens with zero attached hydrogens (tertiary/aromatic N) is 2. The number of aryl methyl sites for hydroxylation is 1. The summed E-state index contributed by atoms with van der Waals surface area (Å²) in [4.78, 5) is 0. The summed E-state index contributed by atoms with van der Waals surface area (Å²) < 4.78 is 7.68. The van der Waals surface area contributed by atoms with Crippen LogP contribution in [0.15, 0.2) is 47.0 Å². The largest absolute Gasteiger partial charge is 0.464 e. The van der Waals surface area contributed by atoms with Crippen LogP contribution in [0.2, 0.25) is 0 Å². The number of furan rings is 1. The Morgan fingerprint density at radius 1 is 1.21 bits per heavy atom. The van der Waals surface area contributed by atoms with Crippen molar-refractivity contribution in [3.8, 4) is 0 Å². The number of benzene rings is 1. The van der Waals surface area contributed by atoms with Crippen LogP contribution in [-0.2, 0) is 0 Å². The van der Waals surface area contributed by atoms with Gasteiger partial charge in [-0.1, -0.05) is 18.2 Å². The molecule has 2 atom stereocenters. The Morgan fingerprint density at radius 3 is 2.68 bits per heavy atom. The van der Waals surface area contributed by atoms with Gasteiger partial charge in [-0.15, -0.1) is 0 Å². The zero-order chi connectivity index (χ0) is 13.4. The number of para-hydroxylation sites is 1. The molecule has 0 aliphatic carbocycles. The van der Waals surface area contributed by atoms with Gasteiger partial charge in [0.1, 0.15) is 17.6 Å². The van der Waals surface area contributed by atoms with E-state index in [0.717, 1.165) is 22.4 Å². The molecule has 0 amide bonds. The molecule has 4 heteroatoms. The average molecular weight is 255 g/mol. The zero-order valence-electron chi connectivity index (χ0n) is 11.1. The van der Waals surface area contributed by atoms with Gasteiger partial charge in [-0.2, -0.15) is 5.10 Å². The SMILES string of the molecule is Cc1ccc(C(C(C)N)n2ncc3ccccc32)o1. The Kier molecular flexibility index (Phi) is 2.87. The standard InChI is InChI=1S/C15H17N3O/c1-10-7-8-14(19-10)15(11(2)16)18-13-6-4-3-5-12(13)9-17-18/h3-9,11,15H,16H2,1-2H3. The smallest absolute Gasteiger partial charge is 0.130 e. The van der Waals surface area contributed by atoms with Crippen molar-refractivity contribution in [2.45, 2.75) is 25.9 Å². The van der Waals surface area contributed by atoms with Crippen molar-refractivity contribution in [3.05, 3.63) is 54.1 Å². The lowest BCUT2D eigenvalue weighted by Gasteiger charge is -2.20. The van der Waals surface area contributed by atoms with Gasteiger partial charge >= 0.3 is 0 Å². The maximum absolute atomic E-state index is 6.14. The van der Waals surface area contributed by atoms with Crippen molar-refractivity contribution < 1.29 is 4.42 Å². The van der Waals surface area contributed by atoms with Crippen LogP contribution in [0.5, 0.6) is 0 Å². The summed E-state index contributed by atoms with van der Waals surface area (Å²) in [5, 5.41) is 5.59. The molecule has 3 rings (SSSR count). The van der Waals surface area contributed by atoms with Gasteiger partial charge in [0.05, 0.1) is 11.7 Å². The van der Waals surface area contributed by atoms with Crippen molar-refractivity contribution in [2.75, 3.05) is 0 Å². The van der Waals surface area contributed by atoms with Crippen LogP contribution in [0, 0.1) is 6.92 Å². The summed E-state index contributed by atoms with van der Waals surface area (Å²) in [5.74, 6) is 1.73. The minimum absolute atomic E-state index is 0.0890. The predicted molar refractivity (Wildman–Crippen MR) is 75.0 cm³/mol. The van der Waals surface area contributed by atoms with Gasteiger partial charge in [0, 0.05) is 11.4 Å². The van der Waals surface area contributed by atoms with E-state index >= 15 is 0 Å². The number of hydrogen-bond donors (Lipinski definition) is 1. The summed E-state index contributed by atoms with van der Waals surface area (Å²) in [5.41, 5.74) is 7.21. The number of rotatable bonds is 3. The lowest BCUT2D eigenvalue weighted by atomic mass is 10.1. The van der Waals surface area contributed by atoms with Gasteiger partial charge in [-0.05, 0) is 32.0 Å². The third-order valence-corrected chi connectivity index (χ3v) is 3.32. The van der Waals surface area contributed by atoms with Gasteiger partial charge in [0.2, 0.25) is 0 Å². The van der Waals surface area contributed by atoms with Crippen molar-refractivity contribution in [2.24, 2.45) is 5.73 Å². The van der Waals surface area contributed by atoms with Crippen LogP contribution in [0.1, 0.15) is 24.5 Å². The van der Waals surface area contributed by atoms with E-state index in [1.807, 2.05) is 61.1 Å². The Labute approximate surface area is 111 Å². The molecule has 1 aromatic carbocycles. The van der Waals surface area contributed by atoms with Gasteiger partial charge in [0.25, 0.3) is 0 Å². The molecule has 98 valence electrons. The van der Waals surface area contributed by atoms with Crippen LogP contribution in [0.3, 0.4) is 0 Å². The molecule has 0 saturated carbocycles. The molecule has 4 nitrogen and oxygen atoms in total. The molecule has 0 spiro atoms. The molecule has 0 radical (unpaired) electrons. The number of fused-ring (bicyclic) bond motifs is 1. The van der Waals surface area contributed by atoms with Gasteiger partial charge < -0.3 is 10.2 Å². The summed E-state index contributed by atoms with van der Waals surface area (Å²) in [7, 11) is 0. The monoisotopic (exact) mass is 255 g/mol. The van der Waals surface area contributed by atoms with E-state index in [1.54, 1.807) is 0 Å². The maximum Gasteiger partial charge on any atom is 0.130 e. The van der Waals surface area contributed by atoms with Crippen LogP contribution in [-0.4, -0.2) is 15.8 Å². The molecule has 3 aromatic rings. The average Bonchev–Trinajstić information content (AvgIpc) is 2.98. The molecule has 0 aliphatic heterocycles. The first kappa shape index (κ1) is 12.0. The zero-order valence-corrected chi connectivity index (χ0v) is 11.1. The first-order valence-electron chi connectivity index (χ1n) is 6.41. The van der Waals surface area contributed by atoms with Crippen molar-refractivity contribution >= 4 is 10.9 Å². The molecular formula is C15H17N3O. The third-order valence-electron chi connectivity index (χ3n) is 3.32. The fourth-order valence-electron chi connectivity index (χ4n) is 2.43. The fraction of sp³-hybridized carbons (Fsp3) is 0.267. The lowest BCUT2D eigenvalue weighted by Crippen LogP contribution is -2.30.